The first-order valence-corrected chi connectivity index (χ1v) is 27.6. The Bertz CT molecular complexity index is 1290. The first kappa shape index (κ1) is 62.6. The van der Waals surface area contributed by atoms with Gasteiger partial charge in [0.15, 0.2) is 6.10 Å². The normalized spacial score (nSPS) is 12.7. The van der Waals surface area contributed by atoms with Crippen molar-refractivity contribution >= 4 is 17.9 Å². The molecule has 0 aromatic heterocycles. The molecule has 0 N–H and O–H groups in total. The summed E-state index contributed by atoms with van der Waals surface area (Å²) in [5, 5.41) is 0. The summed E-state index contributed by atoms with van der Waals surface area (Å²) in [6.45, 7) is 6.43. The summed E-state index contributed by atoms with van der Waals surface area (Å²) in [4.78, 5) is 37.7. The number of carbonyl (C=O) groups is 3. The number of rotatable bonds is 49. The molecule has 0 aliphatic rings. The third kappa shape index (κ3) is 51.6. The fourth-order valence-corrected chi connectivity index (χ4v) is 7.50. The van der Waals surface area contributed by atoms with Crippen molar-refractivity contribution in [3.05, 3.63) is 85.1 Å². The zero-order chi connectivity index (χ0) is 47.9. The van der Waals surface area contributed by atoms with Gasteiger partial charge < -0.3 is 14.2 Å². The number of hydrogen-bond acceptors (Lipinski definition) is 6. The lowest BCUT2D eigenvalue weighted by Gasteiger charge is -2.18. The van der Waals surface area contributed by atoms with Crippen molar-refractivity contribution in [3.8, 4) is 0 Å². The van der Waals surface area contributed by atoms with Crippen molar-refractivity contribution in [2.24, 2.45) is 0 Å². The highest BCUT2D eigenvalue weighted by molar-refractivity contribution is 5.71. The zero-order valence-electron chi connectivity index (χ0n) is 43.2. The van der Waals surface area contributed by atoms with Gasteiger partial charge in [-0.2, -0.15) is 0 Å². The van der Waals surface area contributed by atoms with Gasteiger partial charge in [-0.05, 0) is 96.3 Å². The molecule has 0 radical (unpaired) electrons. The largest absolute Gasteiger partial charge is 0.462 e. The molecular formula is C60H102O6. The number of allylic oxidation sites excluding steroid dienone is 14. The Balaban J connectivity index is 4.13. The highest BCUT2D eigenvalue weighted by Crippen LogP contribution is 2.14. The van der Waals surface area contributed by atoms with Gasteiger partial charge in [0, 0.05) is 19.3 Å². The second kappa shape index (κ2) is 54.2. The van der Waals surface area contributed by atoms with E-state index in [9.17, 15) is 14.4 Å². The summed E-state index contributed by atoms with van der Waals surface area (Å²) in [5.74, 6) is -0.912. The first-order valence-electron chi connectivity index (χ1n) is 27.6. The van der Waals surface area contributed by atoms with Crippen molar-refractivity contribution in [2.75, 3.05) is 13.2 Å². The molecule has 0 fully saturated rings. The van der Waals surface area contributed by atoms with Crippen molar-refractivity contribution < 1.29 is 28.6 Å². The number of esters is 3. The Labute approximate surface area is 407 Å². The number of hydrogen-bond donors (Lipinski definition) is 0. The Morgan fingerprint density at radius 1 is 0.318 bits per heavy atom. The molecule has 66 heavy (non-hydrogen) atoms. The van der Waals surface area contributed by atoms with E-state index in [-0.39, 0.29) is 31.1 Å². The standard InChI is InChI=1S/C60H102O6/c1-4-7-10-13-15-17-19-21-23-25-26-27-28-29-30-31-32-33-34-35-37-38-40-42-44-47-50-53-59(62)65-56-57(55-64-58(61)52-49-46-12-9-6-3)66-60(63)54-51-48-45-43-41-39-36-24-22-20-18-16-14-11-8-5-2/h7,10,15,17,21,23-24,26-27,29-30,32-33,36,57H,4-6,8-9,11-14,16,18-20,22,25,28,31,34-35,37-56H2,1-3H3/b10-7-,17-15-,23-21-,27-26-,30-29-,33-32-,36-24-. The SMILES string of the molecule is CC/C=C\C/C=C\C/C=C\C/C=C\C/C=C\C/C=C\CCCCCCCCCCC(=O)OCC(COC(=O)CCCCCCC)OC(=O)CCCCCCC/C=C\CCCCCCCCC. The van der Waals surface area contributed by atoms with Gasteiger partial charge in [0.05, 0.1) is 0 Å². The van der Waals surface area contributed by atoms with Crippen molar-refractivity contribution in [1.82, 2.24) is 0 Å². The Morgan fingerprint density at radius 3 is 0.939 bits per heavy atom. The first-order chi connectivity index (χ1) is 32.5. The molecule has 0 aromatic rings. The second-order valence-corrected chi connectivity index (χ2v) is 18.1. The molecule has 0 saturated heterocycles. The van der Waals surface area contributed by atoms with E-state index in [1.807, 2.05) is 0 Å². The topological polar surface area (TPSA) is 78.9 Å². The fourth-order valence-electron chi connectivity index (χ4n) is 7.50. The average molecular weight is 919 g/mol. The van der Waals surface area contributed by atoms with E-state index in [1.54, 1.807) is 0 Å². The van der Waals surface area contributed by atoms with Crippen LogP contribution in [0.15, 0.2) is 85.1 Å². The highest BCUT2D eigenvalue weighted by atomic mass is 16.6. The third-order valence-corrected chi connectivity index (χ3v) is 11.6. The van der Waals surface area contributed by atoms with E-state index in [0.29, 0.717) is 19.3 Å². The van der Waals surface area contributed by atoms with Crippen LogP contribution in [0, 0.1) is 0 Å². The molecule has 0 saturated carbocycles. The van der Waals surface area contributed by atoms with Gasteiger partial charge in [-0.3, -0.25) is 14.4 Å². The van der Waals surface area contributed by atoms with Crippen LogP contribution in [0.4, 0.5) is 0 Å². The summed E-state index contributed by atoms with van der Waals surface area (Å²) >= 11 is 0. The quantitative estimate of drug-likeness (QED) is 0.0262. The third-order valence-electron chi connectivity index (χ3n) is 11.6. The van der Waals surface area contributed by atoms with Gasteiger partial charge in [-0.25, -0.2) is 0 Å². The lowest BCUT2D eigenvalue weighted by Crippen LogP contribution is -2.30. The zero-order valence-corrected chi connectivity index (χ0v) is 43.2. The van der Waals surface area contributed by atoms with E-state index >= 15 is 0 Å². The molecule has 0 aliphatic heterocycles. The summed E-state index contributed by atoms with van der Waals surface area (Å²) in [6.07, 6.45) is 70.4. The fraction of sp³-hybridized carbons (Fsp3) is 0.717. The van der Waals surface area contributed by atoms with Crippen LogP contribution in [0.1, 0.15) is 258 Å². The highest BCUT2D eigenvalue weighted by Gasteiger charge is 2.19. The predicted molar refractivity (Wildman–Crippen MR) is 284 cm³/mol. The summed E-state index contributed by atoms with van der Waals surface area (Å²) in [7, 11) is 0. The molecule has 1 unspecified atom stereocenters. The van der Waals surface area contributed by atoms with Crippen LogP contribution in [0.25, 0.3) is 0 Å². The molecule has 6 heteroatoms. The lowest BCUT2D eigenvalue weighted by atomic mass is 10.1. The minimum atomic E-state index is -0.780. The molecular weight excluding hydrogens is 817 g/mol. The van der Waals surface area contributed by atoms with E-state index in [2.05, 4.69) is 106 Å². The second-order valence-electron chi connectivity index (χ2n) is 18.1. The van der Waals surface area contributed by atoms with Gasteiger partial charge in [0.25, 0.3) is 0 Å². The van der Waals surface area contributed by atoms with E-state index in [0.717, 1.165) is 122 Å². The van der Waals surface area contributed by atoms with Crippen molar-refractivity contribution in [1.29, 1.82) is 0 Å². The summed E-state index contributed by atoms with van der Waals surface area (Å²) in [5.41, 5.74) is 0. The van der Waals surface area contributed by atoms with Gasteiger partial charge in [0.1, 0.15) is 13.2 Å². The predicted octanol–water partition coefficient (Wildman–Crippen LogP) is 18.4. The van der Waals surface area contributed by atoms with Crippen LogP contribution in [-0.4, -0.2) is 37.2 Å². The van der Waals surface area contributed by atoms with E-state index in [4.69, 9.17) is 14.2 Å². The van der Waals surface area contributed by atoms with E-state index < -0.39 is 6.10 Å². The Kier molecular flexibility index (Phi) is 51.4. The summed E-state index contributed by atoms with van der Waals surface area (Å²) < 4.78 is 16.7. The number of unbranched alkanes of at least 4 members (excludes halogenated alkanes) is 24. The van der Waals surface area contributed by atoms with Gasteiger partial charge in [-0.1, -0.05) is 228 Å². The van der Waals surface area contributed by atoms with Crippen LogP contribution >= 0.6 is 0 Å². The molecule has 0 rings (SSSR count). The molecule has 1 atom stereocenters. The molecule has 0 aromatic carbocycles. The molecule has 0 bridgehead atoms. The maximum atomic E-state index is 12.7. The Hall–Kier alpha value is -3.41. The van der Waals surface area contributed by atoms with Crippen LogP contribution < -0.4 is 0 Å². The van der Waals surface area contributed by atoms with Crippen molar-refractivity contribution in [3.63, 3.8) is 0 Å². The number of ether oxygens (including phenoxy) is 3. The molecule has 378 valence electrons. The molecule has 6 nitrogen and oxygen atoms in total. The molecule has 0 heterocycles. The van der Waals surface area contributed by atoms with Crippen molar-refractivity contribution in [2.45, 2.75) is 264 Å². The molecule has 0 aliphatic carbocycles. The number of carbonyl (C=O) groups excluding carboxylic acids is 3. The van der Waals surface area contributed by atoms with Gasteiger partial charge in [-0.15, -0.1) is 0 Å². The average Bonchev–Trinajstić information content (AvgIpc) is 3.31. The van der Waals surface area contributed by atoms with Gasteiger partial charge in [0.2, 0.25) is 0 Å². The smallest absolute Gasteiger partial charge is 0.306 e. The summed E-state index contributed by atoms with van der Waals surface area (Å²) in [6, 6.07) is 0. The van der Waals surface area contributed by atoms with Crippen LogP contribution in [0.2, 0.25) is 0 Å². The molecule has 0 amide bonds. The maximum Gasteiger partial charge on any atom is 0.306 e. The van der Waals surface area contributed by atoms with Gasteiger partial charge >= 0.3 is 17.9 Å². The lowest BCUT2D eigenvalue weighted by molar-refractivity contribution is -0.167. The molecule has 0 spiro atoms. The monoisotopic (exact) mass is 919 g/mol. The minimum Gasteiger partial charge on any atom is -0.462 e. The van der Waals surface area contributed by atoms with Crippen LogP contribution in [-0.2, 0) is 28.6 Å². The van der Waals surface area contributed by atoms with Crippen LogP contribution in [0.3, 0.4) is 0 Å². The minimum absolute atomic E-state index is 0.0827. The Morgan fingerprint density at radius 2 is 0.591 bits per heavy atom. The van der Waals surface area contributed by atoms with E-state index in [1.165, 1.54) is 96.3 Å². The maximum absolute atomic E-state index is 12.7. The van der Waals surface area contributed by atoms with Crippen LogP contribution in [0.5, 0.6) is 0 Å².